The predicted octanol–water partition coefficient (Wildman–Crippen LogP) is 1.41. The van der Waals surface area contributed by atoms with E-state index in [9.17, 15) is 38.7 Å². The minimum absolute atomic E-state index is 0.00238. The summed E-state index contributed by atoms with van der Waals surface area (Å²) in [6.45, 7) is 7.76. The number of ketones is 1. The molecule has 0 aromatic carbocycles. The van der Waals surface area contributed by atoms with Crippen LogP contribution in [0.1, 0.15) is 128 Å². The molecule has 58 heavy (non-hydrogen) atoms. The summed E-state index contributed by atoms with van der Waals surface area (Å²) in [6, 6.07) is -3.69. The summed E-state index contributed by atoms with van der Waals surface area (Å²) < 4.78 is 4.80. The summed E-state index contributed by atoms with van der Waals surface area (Å²) in [5, 5.41) is 24.8. The second-order valence-electron chi connectivity index (χ2n) is 15.6. The minimum atomic E-state index is -1.20. The number of nitrogens with zero attached hydrogens (tertiary/aromatic N) is 3. The summed E-state index contributed by atoms with van der Waals surface area (Å²) in [7, 11) is 0. The van der Waals surface area contributed by atoms with Gasteiger partial charge in [-0.25, -0.2) is 0 Å². The Bertz CT molecular complexity index is 1570. The normalized spacial score (nSPS) is 20.8. The fourth-order valence-corrected chi connectivity index (χ4v) is 8.04. The lowest BCUT2D eigenvalue weighted by atomic mass is 9.79. The highest BCUT2D eigenvalue weighted by Gasteiger charge is 2.41. The van der Waals surface area contributed by atoms with Crippen molar-refractivity contribution in [1.29, 1.82) is 0 Å². The molecule has 5 N–H and O–H groups in total. The molecule has 0 radical (unpaired) electrons. The number of rotatable bonds is 18. The van der Waals surface area contributed by atoms with E-state index in [1.165, 1.54) is 42.4 Å². The van der Waals surface area contributed by atoms with Crippen LogP contribution in [0.4, 0.5) is 0 Å². The summed E-state index contributed by atoms with van der Waals surface area (Å²) in [4.78, 5) is 113. The lowest BCUT2D eigenvalue weighted by molar-refractivity contribution is -0.191. The van der Waals surface area contributed by atoms with Gasteiger partial charge in [0, 0.05) is 38.5 Å². The van der Waals surface area contributed by atoms with Crippen molar-refractivity contribution in [2.75, 3.05) is 19.6 Å². The number of piperidine rings is 1. The SMILES string of the molecule is CCCNC(=O)[C@@H](NC(=O)[C@@H]1CCCN1C(=O)[C@H](C)NC(=O)[C@@H]1CCCCN1C(=O)[C@H](CCC(=O)c1ccon1)NC(=O)C[C@H](C)C1CCCCC1)[C@@H](C)O.O=C=O. The van der Waals surface area contributed by atoms with E-state index in [2.05, 4.69) is 33.3 Å². The lowest BCUT2D eigenvalue weighted by Crippen LogP contribution is -2.60. The molecule has 1 aliphatic carbocycles. The highest BCUT2D eigenvalue weighted by atomic mass is 16.5. The lowest BCUT2D eigenvalue weighted by Gasteiger charge is -2.38. The first-order valence-electron chi connectivity index (χ1n) is 20.6. The molecule has 18 nitrogen and oxygen atoms in total. The average Bonchev–Trinajstić information content (AvgIpc) is 3.94. The number of nitrogens with one attached hydrogen (secondary N) is 4. The van der Waals surface area contributed by atoms with E-state index in [1.807, 2.05) is 6.92 Å². The van der Waals surface area contributed by atoms with Crippen LogP contribution in [0.5, 0.6) is 0 Å². The third-order valence-electron chi connectivity index (χ3n) is 11.2. The van der Waals surface area contributed by atoms with Gasteiger partial charge in [0.25, 0.3) is 0 Å². The van der Waals surface area contributed by atoms with Crippen molar-refractivity contribution in [3.8, 4) is 0 Å². The van der Waals surface area contributed by atoms with E-state index in [1.54, 1.807) is 0 Å². The molecule has 18 heteroatoms. The van der Waals surface area contributed by atoms with Crippen LogP contribution in [-0.2, 0) is 38.4 Å². The van der Waals surface area contributed by atoms with Gasteiger partial charge in [0.1, 0.15) is 42.2 Å². The number of carbonyl (C=O) groups is 7. The summed E-state index contributed by atoms with van der Waals surface area (Å²) in [6.07, 6.45) is 9.35. The molecular weight excluding hydrogens is 754 g/mol. The Kier molecular flexibility index (Phi) is 19.7. The Hall–Kier alpha value is -4.96. The van der Waals surface area contributed by atoms with Gasteiger partial charge in [-0.1, -0.05) is 51.1 Å². The third kappa shape index (κ3) is 13.9. The summed E-state index contributed by atoms with van der Waals surface area (Å²) >= 11 is 0. The maximum absolute atomic E-state index is 14.2. The maximum atomic E-state index is 14.2. The van der Waals surface area contributed by atoms with Crippen molar-refractivity contribution in [2.45, 2.75) is 154 Å². The number of aliphatic hydroxyl groups is 1. The zero-order valence-corrected chi connectivity index (χ0v) is 34.2. The van der Waals surface area contributed by atoms with E-state index in [-0.39, 0.29) is 61.8 Å². The fraction of sp³-hybridized carbons (Fsp3) is 0.725. The Balaban J connectivity index is 0.00000291. The van der Waals surface area contributed by atoms with E-state index < -0.39 is 65.8 Å². The molecule has 2 saturated heterocycles. The Morgan fingerprint density at radius 3 is 2.07 bits per heavy atom. The van der Waals surface area contributed by atoms with Crippen molar-refractivity contribution in [3.05, 3.63) is 18.0 Å². The largest absolute Gasteiger partial charge is 0.391 e. The second kappa shape index (κ2) is 24.1. The smallest absolute Gasteiger partial charge is 0.373 e. The first-order valence-corrected chi connectivity index (χ1v) is 20.6. The molecule has 3 heterocycles. The van der Waals surface area contributed by atoms with Gasteiger partial charge in [-0.3, -0.25) is 33.6 Å². The Morgan fingerprint density at radius 1 is 0.845 bits per heavy atom. The van der Waals surface area contributed by atoms with Gasteiger partial charge in [0.2, 0.25) is 35.4 Å². The van der Waals surface area contributed by atoms with E-state index >= 15 is 0 Å². The molecule has 3 aliphatic rings. The van der Waals surface area contributed by atoms with Crippen LogP contribution in [0, 0.1) is 11.8 Å². The standard InChI is InChI=1S/C39H61N7O9.CO2/c1-5-19-40-37(52)34(26(4)47)43-36(51)31-15-11-21-45(31)38(53)25(3)41-35(50)30-14-9-10-20-46(30)39(54)29(16-17-32(48)28-18-22-55-44-28)42-33(49)23-24(2)27-12-7-6-8-13-27;2-1-3/h18,22,24-27,29-31,34,47H,5-17,19-21,23H2,1-4H3,(H,40,52)(H,41,50)(H,42,49)(H,43,51);/t24-,25-,26+,29-,30-,31-,34-;/m0./s1. The molecular formula is C40H61N7O11. The van der Waals surface area contributed by atoms with Gasteiger partial charge in [-0.2, -0.15) is 9.59 Å². The van der Waals surface area contributed by atoms with Crippen LogP contribution in [-0.4, -0.2) is 123 Å². The quantitative estimate of drug-likeness (QED) is 0.132. The summed E-state index contributed by atoms with van der Waals surface area (Å²) in [5.41, 5.74) is 0.121. The highest BCUT2D eigenvalue weighted by molar-refractivity contribution is 5.97. The van der Waals surface area contributed by atoms with Gasteiger partial charge in [0.05, 0.1) is 6.10 Å². The average molecular weight is 816 g/mol. The van der Waals surface area contributed by atoms with Crippen LogP contribution < -0.4 is 21.3 Å². The van der Waals surface area contributed by atoms with Gasteiger partial charge < -0.3 is 40.7 Å². The molecule has 1 aromatic rings. The monoisotopic (exact) mass is 815 g/mol. The van der Waals surface area contributed by atoms with Gasteiger partial charge in [-0.15, -0.1) is 0 Å². The van der Waals surface area contributed by atoms with Crippen molar-refractivity contribution >= 4 is 47.4 Å². The van der Waals surface area contributed by atoms with Gasteiger partial charge in [-0.05, 0) is 70.6 Å². The van der Waals surface area contributed by atoms with Gasteiger partial charge >= 0.3 is 6.15 Å². The fourth-order valence-electron chi connectivity index (χ4n) is 8.04. The molecule has 322 valence electrons. The van der Waals surface area contributed by atoms with E-state index in [4.69, 9.17) is 14.1 Å². The molecule has 3 fully saturated rings. The molecule has 2 aliphatic heterocycles. The first-order chi connectivity index (χ1) is 27.7. The van der Waals surface area contributed by atoms with Crippen LogP contribution in [0.2, 0.25) is 0 Å². The number of Topliss-reactive ketones (excluding diaryl/α,β-unsaturated/α-hetero) is 1. The number of likely N-dealkylation sites (tertiary alicyclic amines) is 2. The second-order valence-corrected chi connectivity index (χ2v) is 15.6. The maximum Gasteiger partial charge on any atom is 0.373 e. The van der Waals surface area contributed by atoms with Crippen molar-refractivity contribution < 1.29 is 52.8 Å². The Labute approximate surface area is 339 Å². The zero-order valence-electron chi connectivity index (χ0n) is 34.2. The molecule has 1 saturated carbocycles. The van der Waals surface area contributed by atoms with Gasteiger partial charge in [0.15, 0.2) is 5.78 Å². The number of hydrogen-bond donors (Lipinski definition) is 5. The predicted molar refractivity (Wildman–Crippen MR) is 206 cm³/mol. The molecule has 7 atom stereocenters. The van der Waals surface area contributed by atoms with Crippen LogP contribution in [0.3, 0.4) is 0 Å². The molecule has 0 bridgehead atoms. The molecule has 6 amide bonds. The van der Waals surface area contributed by atoms with E-state index in [0.717, 1.165) is 25.7 Å². The number of hydrogen-bond acceptors (Lipinski definition) is 12. The van der Waals surface area contributed by atoms with Crippen LogP contribution in [0.15, 0.2) is 16.9 Å². The number of amides is 6. The highest BCUT2D eigenvalue weighted by Crippen LogP contribution is 2.31. The Morgan fingerprint density at radius 2 is 1.45 bits per heavy atom. The number of carbonyl (C=O) groups excluding carboxylic acids is 9. The summed E-state index contributed by atoms with van der Waals surface area (Å²) in [5.74, 6) is -2.66. The molecule has 1 aromatic heterocycles. The van der Waals surface area contributed by atoms with Crippen LogP contribution in [0.25, 0.3) is 0 Å². The van der Waals surface area contributed by atoms with E-state index in [0.29, 0.717) is 51.0 Å². The van der Waals surface area contributed by atoms with Crippen molar-refractivity contribution in [1.82, 2.24) is 36.2 Å². The first kappa shape index (κ1) is 47.4. The minimum Gasteiger partial charge on any atom is -0.391 e. The molecule has 0 unspecified atom stereocenters. The van der Waals surface area contributed by atoms with Crippen molar-refractivity contribution in [3.63, 3.8) is 0 Å². The topological polar surface area (TPSA) is 254 Å². The molecule has 0 spiro atoms. The molecule has 4 rings (SSSR count). The van der Waals surface area contributed by atoms with Crippen molar-refractivity contribution in [2.24, 2.45) is 11.8 Å². The number of aliphatic hydroxyl groups excluding tert-OH is 1. The number of aromatic nitrogens is 1. The zero-order chi connectivity index (χ0) is 42.8. The van der Waals surface area contributed by atoms with Crippen LogP contribution >= 0.6 is 0 Å². The third-order valence-corrected chi connectivity index (χ3v) is 11.2.